The molecule has 1 heterocycles. The van der Waals surface area contributed by atoms with Gasteiger partial charge in [0.15, 0.2) is 0 Å². The van der Waals surface area contributed by atoms with Crippen molar-refractivity contribution in [1.82, 2.24) is 15.0 Å². The summed E-state index contributed by atoms with van der Waals surface area (Å²) < 4.78 is 30.4. The first-order valence-electron chi connectivity index (χ1n) is 6.63. The number of hydrogen-bond donors (Lipinski definition) is 0. The molecule has 0 fully saturated rings. The predicted molar refractivity (Wildman–Crippen MR) is 84.9 cm³/mol. The fraction of sp³-hybridized carbons (Fsp3) is 0.357. The first-order valence-corrected chi connectivity index (χ1v) is 8.83. The highest BCUT2D eigenvalue weighted by molar-refractivity contribution is 9.10. The molecule has 0 radical (unpaired) electrons. The van der Waals surface area contributed by atoms with Gasteiger partial charge in [-0.25, -0.2) is 15.0 Å². The highest BCUT2D eigenvalue weighted by Crippen LogP contribution is 2.18. The Kier molecular flexibility index (Phi) is 5.25. The van der Waals surface area contributed by atoms with Crippen LogP contribution in [0.1, 0.15) is 24.4 Å². The molecule has 0 saturated carbocycles. The van der Waals surface area contributed by atoms with Crippen molar-refractivity contribution in [2.75, 3.05) is 0 Å². The fourth-order valence-electron chi connectivity index (χ4n) is 1.94. The lowest BCUT2D eigenvalue weighted by Gasteiger charge is -2.12. The zero-order valence-corrected chi connectivity index (χ0v) is 14.8. The normalized spacial score (nSPS) is 13.1. The summed E-state index contributed by atoms with van der Waals surface area (Å²) in [6.07, 6.45) is -0.283. The average molecular weight is 386 g/mol. The highest BCUT2D eigenvalue weighted by atomic mass is 79.9. The summed E-state index contributed by atoms with van der Waals surface area (Å²) in [5.41, 5.74) is 0. The summed E-state index contributed by atoms with van der Waals surface area (Å²) >= 11 is 3.26. The lowest BCUT2D eigenvalue weighted by atomic mass is 10.3. The molecule has 6 nitrogen and oxygen atoms in total. The topological polar surface area (TPSA) is 82.0 Å². The van der Waals surface area contributed by atoms with E-state index in [2.05, 4.69) is 30.9 Å². The molecule has 0 N–H and O–H groups in total. The number of halogens is 1. The van der Waals surface area contributed by atoms with Gasteiger partial charge in [-0.3, -0.25) is 4.18 Å². The number of benzene rings is 1. The van der Waals surface area contributed by atoms with E-state index in [-0.39, 0.29) is 4.90 Å². The standard InChI is InChI=1S/C14H16BrN3O3S/c1-9(8-14-17-10(2)16-11(3)18-14)21-22(19,20)13-6-4-12(15)5-7-13/h4-7,9H,8H2,1-3H3. The predicted octanol–water partition coefficient (Wildman–Crippen LogP) is 2.59. The second-order valence-corrected chi connectivity index (χ2v) is 7.35. The summed E-state index contributed by atoms with van der Waals surface area (Å²) in [5.74, 6) is 1.72. The van der Waals surface area contributed by atoms with Crippen LogP contribution in [-0.4, -0.2) is 29.5 Å². The van der Waals surface area contributed by atoms with Gasteiger partial charge in [0, 0.05) is 10.9 Å². The smallest absolute Gasteiger partial charge is 0.263 e. The van der Waals surface area contributed by atoms with Crippen molar-refractivity contribution in [3.05, 3.63) is 46.2 Å². The molecule has 0 bridgehead atoms. The van der Waals surface area contributed by atoms with Gasteiger partial charge >= 0.3 is 0 Å². The lowest BCUT2D eigenvalue weighted by Crippen LogP contribution is -2.19. The SMILES string of the molecule is Cc1nc(C)nc(CC(C)OS(=O)(=O)c2ccc(Br)cc2)n1. The molecule has 0 aliphatic heterocycles. The molecular weight excluding hydrogens is 370 g/mol. The van der Waals surface area contributed by atoms with Gasteiger partial charge < -0.3 is 0 Å². The summed E-state index contributed by atoms with van der Waals surface area (Å²) in [6.45, 7) is 5.20. The van der Waals surface area contributed by atoms with Crippen molar-refractivity contribution in [3.8, 4) is 0 Å². The van der Waals surface area contributed by atoms with Crippen molar-refractivity contribution >= 4 is 26.0 Å². The molecule has 118 valence electrons. The van der Waals surface area contributed by atoms with Crippen molar-refractivity contribution < 1.29 is 12.6 Å². The van der Waals surface area contributed by atoms with Gasteiger partial charge in [0.25, 0.3) is 10.1 Å². The molecule has 2 aromatic rings. The highest BCUT2D eigenvalue weighted by Gasteiger charge is 2.20. The maximum atomic E-state index is 12.2. The molecule has 8 heteroatoms. The van der Waals surface area contributed by atoms with Crippen LogP contribution >= 0.6 is 15.9 Å². The van der Waals surface area contributed by atoms with E-state index in [1.165, 1.54) is 12.1 Å². The van der Waals surface area contributed by atoms with Crippen molar-refractivity contribution in [2.24, 2.45) is 0 Å². The van der Waals surface area contributed by atoms with Crippen LogP contribution < -0.4 is 0 Å². The first-order chi connectivity index (χ1) is 10.3. The Morgan fingerprint density at radius 1 is 1.09 bits per heavy atom. The summed E-state index contributed by atoms with van der Waals surface area (Å²) in [4.78, 5) is 12.6. The van der Waals surface area contributed by atoms with E-state index in [1.807, 2.05) is 0 Å². The van der Waals surface area contributed by atoms with Gasteiger partial charge in [0.05, 0.1) is 11.0 Å². The second kappa shape index (κ2) is 6.80. The Bertz CT molecular complexity index is 743. The van der Waals surface area contributed by atoms with E-state index in [0.717, 1.165) is 4.47 Å². The Morgan fingerprint density at radius 2 is 1.64 bits per heavy atom. The minimum absolute atomic E-state index is 0.116. The molecule has 1 unspecified atom stereocenters. The Hall–Kier alpha value is -1.38. The number of aromatic nitrogens is 3. The van der Waals surface area contributed by atoms with Gasteiger partial charge in [-0.1, -0.05) is 15.9 Å². The third-order valence-electron chi connectivity index (χ3n) is 2.77. The van der Waals surface area contributed by atoms with E-state index >= 15 is 0 Å². The molecule has 1 aromatic heterocycles. The van der Waals surface area contributed by atoms with E-state index in [1.54, 1.807) is 32.9 Å². The molecule has 1 aromatic carbocycles. The number of hydrogen-bond acceptors (Lipinski definition) is 6. The quantitative estimate of drug-likeness (QED) is 0.735. The van der Waals surface area contributed by atoms with Gasteiger partial charge in [0.2, 0.25) is 0 Å². The Balaban J connectivity index is 2.10. The Morgan fingerprint density at radius 3 is 2.18 bits per heavy atom. The van der Waals surface area contributed by atoms with Crippen LogP contribution in [0.5, 0.6) is 0 Å². The molecule has 0 spiro atoms. The minimum Gasteiger partial charge on any atom is -0.263 e. The van der Waals surface area contributed by atoms with E-state index in [4.69, 9.17) is 4.18 Å². The molecule has 22 heavy (non-hydrogen) atoms. The molecular formula is C14H16BrN3O3S. The molecule has 1 atom stereocenters. The van der Waals surface area contributed by atoms with Crippen LogP contribution in [0, 0.1) is 13.8 Å². The zero-order valence-electron chi connectivity index (χ0n) is 12.4. The van der Waals surface area contributed by atoms with Crippen molar-refractivity contribution in [2.45, 2.75) is 38.2 Å². The minimum atomic E-state index is -3.81. The van der Waals surface area contributed by atoms with Crippen LogP contribution in [0.3, 0.4) is 0 Å². The summed E-state index contributed by atoms with van der Waals surface area (Å²) in [7, 11) is -3.81. The van der Waals surface area contributed by atoms with Crippen LogP contribution in [-0.2, 0) is 20.7 Å². The van der Waals surface area contributed by atoms with Gasteiger partial charge in [-0.2, -0.15) is 8.42 Å². The molecule has 0 aliphatic rings. The number of aryl methyl sites for hydroxylation is 2. The number of rotatable bonds is 5. The molecule has 0 amide bonds. The van der Waals surface area contributed by atoms with E-state index in [0.29, 0.717) is 23.9 Å². The third kappa shape index (κ3) is 4.56. The zero-order chi connectivity index (χ0) is 16.3. The average Bonchev–Trinajstić information content (AvgIpc) is 2.36. The van der Waals surface area contributed by atoms with Gasteiger partial charge in [0.1, 0.15) is 17.5 Å². The second-order valence-electron chi connectivity index (χ2n) is 4.87. The van der Waals surface area contributed by atoms with E-state index in [9.17, 15) is 8.42 Å². The van der Waals surface area contributed by atoms with Crippen LogP contribution in [0.2, 0.25) is 0 Å². The van der Waals surface area contributed by atoms with Crippen molar-refractivity contribution in [1.29, 1.82) is 0 Å². The van der Waals surface area contributed by atoms with Gasteiger partial charge in [-0.15, -0.1) is 0 Å². The monoisotopic (exact) mass is 385 g/mol. The largest absolute Gasteiger partial charge is 0.297 e. The van der Waals surface area contributed by atoms with E-state index < -0.39 is 16.2 Å². The lowest BCUT2D eigenvalue weighted by molar-refractivity contribution is 0.226. The maximum Gasteiger partial charge on any atom is 0.297 e. The van der Waals surface area contributed by atoms with Crippen molar-refractivity contribution in [3.63, 3.8) is 0 Å². The summed E-state index contributed by atoms with van der Waals surface area (Å²) in [6, 6.07) is 6.28. The molecule has 0 saturated heterocycles. The summed E-state index contributed by atoms with van der Waals surface area (Å²) in [5, 5.41) is 0. The third-order valence-corrected chi connectivity index (χ3v) is 4.73. The first kappa shape index (κ1) is 17.0. The maximum absolute atomic E-state index is 12.2. The fourth-order valence-corrected chi connectivity index (χ4v) is 3.28. The number of nitrogens with zero attached hydrogens (tertiary/aromatic N) is 3. The molecule has 0 aliphatic carbocycles. The van der Waals surface area contributed by atoms with Gasteiger partial charge in [-0.05, 0) is 45.0 Å². The van der Waals surface area contributed by atoms with Crippen LogP contribution in [0.25, 0.3) is 0 Å². The van der Waals surface area contributed by atoms with Crippen LogP contribution in [0.15, 0.2) is 33.6 Å². The Labute approximate surface area is 138 Å². The molecule has 2 rings (SSSR count). The van der Waals surface area contributed by atoms with Crippen LogP contribution in [0.4, 0.5) is 0 Å².